The van der Waals surface area contributed by atoms with Crippen LogP contribution in [0, 0.1) is 0 Å². The maximum atomic E-state index is 12.3. The molecule has 1 aromatic rings. The molecule has 0 saturated heterocycles. The van der Waals surface area contributed by atoms with Crippen LogP contribution >= 0.6 is 0 Å². The third-order valence-corrected chi connectivity index (χ3v) is 6.48. The minimum Gasteiger partial charge on any atom is -0.452 e. The SMILES string of the molecule is CON(C)S(=O)(=O)c1cccc(C(=O)OCC(=O)N(C)C2CCCCC2)c1. The van der Waals surface area contributed by atoms with Crippen LogP contribution in [0.25, 0.3) is 0 Å². The Morgan fingerprint density at radius 1 is 1.15 bits per heavy atom. The Balaban J connectivity index is 2.00. The van der Waals surface area contributed by atoms with Crippen LogP contribution in [0.2, 0.25) is 0 Å². The average molecular weight is 398 g/mol. The van der Waals surface area contributed by atoms with Crippen molar-refractivity contribution in [2.45, 2.75) is 43.0 Å². The van der Waals surface area contributed by atoms with E-state index >= 15 is 0 Å². The first-order valence-corrected chi connectivity index (χ1v) is 10.3. The Morgan fingerprint density at radius 2 is 1.81 bits per heavy atom. The van der Waals surface area contributed by atoms with E-state index in [9.17, 15) is 18.0 Å². The summed E-state index contributed by atoms with van der Waals surface area (Å²) in [6.07, 6.45) is 5.30. The van der Waals surface area contributed by atoms with Gasteiger partial charge < -0.3 is 9.64 Å². The number of amides is 1. The Labute approximate surface area is 160 Å². The maximum absolute atomic E-state index is 12.3. The quantitative estimate of drug-likeness (QED) is 0.514. The molecule has 2 rings (SSSR count). The van der Waals surface area contributed by atoms with Crippen molar-refractivity contribution in [1.29, 1.82) is 0 Å². The van der Waals surface area contributed by atoms with Gasteiger partial charge in [-0.15, -0.1) is 0 Å². The molecule has 0 spiro atoms. The second-order valence-corrected chi connectivity index (χ2v) is 8.43. The fourth-order valence-corrected chi connectivity index (χ4v) is 4.03. The number of likely N-dealkylation sites (N-methyl/N-ethyl adjacent to an activating group) is 1. The normalized spacial score (nSPS) is 15.6. The largest absolute Gasteiger partial charge is 0.452 e. The van der Waals surface area contributed by atoms with Gasteiger partial charge in [0.2, 0.25) is 0 Å². The molecule has 0 atom stereocenters. The number of hydrogen-bond donors (Lipinski definition) is 0. The third kappa shape index (κ3) is 5.27. The predicted octanol–water partition coefficient (Wildman–Crippen LogP) is 1.82. The number of ether oxygens (including phenoxy) is 1. The van der Waals surface area contributed by atoms with Crippen molar-refractivity contribution in [3.63, 3.8) is 0 Å². The molecular weight excluding hydrogens is 372 g/mol. The summed E-state index contributed by atoms with van der Waals surface area (Å²) in [5, 5.41) is 0. The molecule has 0 heterocycles. The Bertz CT molecular complexity index is 774. The summed E-state index contributed by atoms with van der Waals surface area (Å²) in [7, 11) is 0.322. The maximum Gasteiger partial charge on any atom is 0.338 e. The highest BCUT2D eigenvalue weighted by atomic mass is 32.2. The summed E-state index contributed by atoms with van der Waals surface area (Å²) in [6, 6.07) is 5.60. The molecule has 1 amide bonds. The number of rotatable bonds is 7. The number of hydrogen-bond acceptors (Lipinski definition) is 6. The van der Waals surface area contributed by atoms with Crippen LogP contribution < -0.4 is 0 Å². The van der Waals surface area contributed by atoms with Crippen molar-refractivity contribution in [2.75, 3.05) is 27.8 Å². The van der Waals surface area contributed by atoms with E-state index in [-0.39, 0.29) is 29.0 Å². The van der Waals surface area contributed by atoms with E-state index in [0.29, 0.717) is 4.47 Å². The number of carbonyl (C=O) groups excluding carboxylic acids is 2. The first-order valence-electron chi connectivity index (χ1n) is 8.83. The van der Waals surface area contributed by atoms with Gasteiger partial charge in [0.05, 0.1) is 17.6 Å². The highest BCUT2D eigenvalue weighted by Crippen LogP contribution is 2.22. The molecule has 27 heavy (non-hydrogen) atoms. The lowest BCUT2D eigenvalue weighted by Gasteiger charge is -2.31. The molecule has 0 unspecified atom stereocenters. The Hall–Kier alpha value is -1.97. The van der Waals surface area contributed by atoms with Gasteiger partial charge in [-0.3, -0.25) is 9.63 Å². The number of sulfonamides is 1. The van der Waals surface area contributed by atoms with Crippen LogP contribution in [0.3, 0.4) is 0 Å². The molecular formula is C18H26N2O6S. The standard InChI is InChI=1S/C18H26N2O6S/c1-19(15-9-5-4-6-10-15)17(21)13-26-18(22)14-8-7-11-16(12-14)27(23,24)20(2)25-3/h7-8,11-12,15H,4-6,9-10,13H2,1-3H3. The molecule has 0 aliphatic heterocycles. The molecule has 0 N–H and O–H groups in total. The molecule has 150 valence electrons. The summed E-state index contributed by atoms with van der Waals surface area (Å²) >= 11 is 0. The van der Waals surface area contributed by atoms with Crippen LogP contribution in [-0.4, -0.2) is 63.5 Å². The van der Waals surface area contributed by atoms with Gasteiger partial charge in [0.15, 0.2) is 6.61 Å². The van der Waals surface area contributed by atoms with Crippen molar-refractivity contribution in [1.82, 2.24) is 9.37 Å². The summed E-state index contributed by atoms with van der Waals surface area (Å²) in [6.45, 7) is -0.374. The molecule has 1 saturated carbocycles. The van der Waals surface area contributed by atoms with Crippen molar-refractivity contribution in [3.05, 3.63) is 29.8 Å². The van der Waals surface area contributed by atoms with E-state index in [1.165, 1.54) is 44.8 Å². The smallest absolute Gasteiger partial charge is 0.338 e. The number of benzene rings is 1. The second-order valence-electron chi connectivity index (χ2n) is 6.50. The fourth-order valence-electron chi connectivity index (χ4n) is 3.01. The minimum atomic E-state index is -3.88. The summed E-state index contributed by atoms with van der Waals surface area (Å²) in [4.78, 5) is 30.7. The van der Waals surface area contributed by atoms with E-state index in [4.69, 9.17) is 9.57 Å². The number of nitrogens with zero attached hydrogens (tertiary/aromatic N) is 2. The zero-order valence-electron chi connectivity index (χ0n) is 15.9. The molecule has 0 aromatic heterocycles. The molecule has 1 fully saturated rings. The molecule has 8 nitrogen and oxygen atoms in total. The second kappa shape index (κ2) is 9.29. The van der Waals surface area contributed by atoms with E-state index < -0.39 is 16.0 Å². The van der Waals surface area contributed by atoms with E-state index in [1.807, 2.05) is 0 Å². The lowest BCUT2D eigenvalue weighted by Crippen LogP contribution is -2.40. The van der Waals surface area contributed by atoms with Gasteiger partial charge in [0.25, 0.3) is 15.9 Å². The van der Waals surface area contributed by atoms with Gasteiger partial charge >= 0.3 is 5.97 Å². The highest BCUT2D eigenvalue weighted by molar-refractivity contribution is 7.89. The molecule has 1 aliphatic rings. The van der Waals surface area contributed by atoms with Crippen LogP contribution in [0.1, 0.15) is 42.5 Å². The lowest BCUT2D eigenvalue weighted by atomic mass is 9.94. The predicted molar refractivity (Wildman–Crippen MR) is 98.3 cm³/mol. The lowest BCUT2D eigenvalue weighted by molar-refractivity contribution is -0.135. The average Bonchev–Trinajstić information content (AvgIpc) is 2.71. The first kappa shape index (κ1) is 21.3. The van der Waals surface area contributed by atoms with Gasteiger partial charge in [-0.25, -0.2) is 13.2 Å². The van der Waals surface area contributed by atoms with Crippen molar-refractivity contribution in [2.24, 2.45) is 0 Å². The molecule has 9 heteroatoms. The fraction of sp³-hybridized carbons (Fsp3) is 0.556. The van der Waals surface area contributed by atoms with Crippen LogP contribution in [0.15, 0.2) is 29.2 Å². The van der Waals surface area contributed by atoms with Gasteiger partial charge in [-0.05, 0) is 31.0 Å². The number of esters is 1. The zero-order chi connectivity index (χ0) is 20.0. The number of carbonyl (C=O) groups is 2. The van der Waals surface area contributed by atoms with Gasteiger partial charge in [0, 0.05) is 20.1 Å². The third-order valence-electron chi connectivity index (χ3n) is 4.81. The topological polar surface area (TPSA) is 93.2 Å². The monoisotopic (exact) mass is 398 g/mol. The summed E-state index contributed by atoms with van der Waals surface area (Å²) in [5.41, 5.74) is 0.0497. The Kier molecular flexibility index (Phi) is 7.34. The minimum absolute atomic E-state index is 0.0497. The van der Waals surface area contributed by atoms with Crippen LogP contribution in [0.4, 0.5) is 0 Å². The summed E-state index contributed by atoms with van der Waals surface area (Å²) in [5.74, 6) is -1.02. The van der Waals surface area contributed by atoms with Crippen molar-refractivity contribution < 1.29 is 27.6 Å². The van der Waals surface area contributed by atoms with Crippen molar-refractivity contribution >= 4 is 21.9 Å². The summed E-state index contributed by atoms with van der Waals surface area (Å²) < 4.78 is 30.3. The van der Waals surface area contributed by atoms with E-state index in [1.54, 1.807) is 11.9 Å². The molecule has 1 aromatic carbocycles. The zero-order valence-corrected chi connectivity index (χ0v) is 16.7. The van der Waals surface area contributed by atoms with E-state index in [0.717, 1.165) is 25.7 Å². The van der Waals surface area contributed by atoms with Crippen LogP contribution in [-0.2, 0) is 24.4 Å². The molecule has 0 radical (unpaired) electrons. The van der Waals surface area contributed by atoms with E-state index in [2.05, 4.69) is 0 Å². The van der Waals surface area contributed by atoms with Gasteiger partial charge in [-0.2, -0.15) is 0 Å². The van der Waals surface area contributed by atoms with Gasteiger partial charge in [0.1, 0.15) is 0 Å². The van der Waals surface area contributed by atoms with Crippen LogP contribution in [0.5, 0.6) is 0 Å². The Morgan fingerprint density at radius 3 is 2.44 bits per heavy atom. The van der Waals surface area contributed by atoms with Gasteiger partial charge in [-0.1, -0.05) is 29.8 Å². The first-order chi connectivity index (χ1) is 12.8. The van der Waals surface area contributed by atoms with Crippen molar-refractivity contribution in [3.8, 4) is 0 Å². The molecule has 0 bridgehead atoms. The molecule has 1 aliphatic carbocycles. The highest BCUT2D eigenvalue weighted by Gasteiger charge is 2.24. The number of hydroxylamine groups is 1.